The second-order valence-corrected chi connectivity index (χ2v) is 3.86. The van der Waals surface area contributed by atoms with Gasteiger partial charge in [0.25, 0.3) is 0 Å². The van der Waals surface area contributed by atoms with Gasteiger partial charge in [-0.3, -0.25) is 0 Å². The standard InChI is InChI=1S/C12H14N2O/c1-14-7-3-6-10-4-2-5-11(12(10)14)8-13-9-15/h2,4-5H,3,6-8H2,1H3. The molecule has 0 fully saturated rings. The molecular formula is C12H14N2O. The number of carbonyl (C=O) groups excluding carboxylic acids is 1. The molecular weight excluding hydrogens is 188 g/mol. The Balaban J connectivity index is 2.41. The summed E-state index contributed by atoms with van der Waals surface area (Å²) >= 11 is 0. The van der Waals surface area contributed by atoms with Crippen LogP contribution in [0, 0.1) is 0 Å². The third kappa shape index (κ3) is 1.92. The third-order valence-corrected chi connectivity index (χ3v) is 2.84. The van der Waals surface area contributed by atoms with Gasteiger partial charge >= 0.3 is 0 Å². The van der Waals surface area contributed by atoms with Crippen molar-refractivity contribution in [2.45, 2.75) is 19.4 Å². The molecule has 0 saturated carbocycles. The van der Waals surface area contributed by atoms with Crippen LogP contribution in [0.5, 0.6) is 0 Å². The predicted octanol–water partition coefficient (Wildman–Crippen LogP) is 1.90. The van der Waals surface area contributed by atoms with Crippen molar-refractivity contribution in [2.24, 2.45) is 4.99 Å². The van der Waals surface area contributed by atoms with Crippen molar-refractivity contribution in [3.05, 3.63) is 29.3 Å². The van der Waals surface area contributed by atoms with Crippen LogP contribution in [0.1, 0.15) is 17.5 Å². The summed E-state index contributed by atoms with van der Waals surface area (Å²) in [6.45, 7) is 1.52. The number of rotatable bonds is 2. The van der Waals surface area contributed by atoms with E-state index >= 15 is 0 Å². The van der Waals surface area contributed by atoms with E-state index in [9.17, 15) is 4.79 Å². The Labute approximate surface area is 89.4 Å². The summed E-state index contributed by atoms with van der Waals surface area (Å²) in [6, 6.07) is 6.22. The molecule has 1 aromatic rings. The minimum atomic E-state index is 0.441. The molecule has 1 aliphatic heterocycles. The highest BCUT2D eigenvalue weighted by Gasteiger charge is 2.16. The number of fused-ring (bicyclic) bond motifs is 1. The lowest BCUT2D eigenvalue weighted by Crippen LogP contribution is -2.25. The predicted molar refractivity (Wildman–Crippen MR) is 59.9 cm³/mol. The largest absolute Gasteiger partial charge is 0.374 e. The van der Waals surface area contributed by atoms with E-state index in [-0.39, 0.29) is 0 Å². The van der Waals surface area contributed by atoms with E-state index in [0.29, 0.717) is 6.54 Å². The maximum Gasteiger partial charge on any atom is 0.235 e. The Morgan fingerprint density at radius 2 is 2.40 bits per heavy atom. The van der Waals surface area contributed by atoms with Crippen LogP contribution >= 0.6 is 0 Å². The molecule has 15 heavy (non-hydrogen) atoms. The molecule has 3 heteroatoms. The normalized spacial score (nSPS) is 14.3. The van der Waals surface area contributed by atoms with Crippen LogP contribution in [0.4, 0.5) is 5.69 Å². The Kier molecular flexibility index (Phi) is 2.84. The van der Waals surface area contributed by atoms with Crippen LogP contribution in [0.2, 0.25) is 0 Å². The molecule has 0 spiro atoms. The summed E-state index contributed by atoms with van der Waals surface area (Å²) in [7, 11) is 2.09. The van der Waals surface area contributed by atoms with Crippen LogP contribution in [-0.4, -0.2) is 19.7 Å². The molecule has 0 N–H and O–H groups in total. The van der Waals surface area contributed by atoms with Crippen molar-refractivity contribution in [1.82, 2.24) is 0 Å². The first kappa shape index (κ1) is 9.94. The fraction of sp³-hybridized carbons (Fsp3) is 0.417. The summed E-state index contributed by atoms with van der Waals surface area (Å²) in [6.07, 6.45) is 3.92. The van der Waals surface area contributed by atoms with Gasteiger partial charge in [-0.1, -0.05) is 18.2 Å². The number of hydrogen-bond acceptors (Lipinski definition) is 3. The van der Waals surface area contributed by atoms with E-state index in [0.717, 1.165) is 18.5 Å². The average Bonchev–Trinajstić information content (AvgIpc) is 2.26. The summed E-state index contributed by atoms with van der Waals surface area (Å²) in [5.41, 5.74) is 3.74. The quantitative estimate of drug-likeness (QED) is 0.542. The van der Waals surface area contributed by atoms with Gasteiger partial charge in [0, 0.05) is 19.3 Å². The topological polar surface area (TPSA) is 32.7 Å². The number of nitrogens with zero attached hydrogens (tertiary/aromatic N) is 2. The number of aryl methyl sites for hydroxylation is 1. The number of benzene rings is 1. The van der Waals surface area contributed by atoms with Crippen molar-refractivity contribution in [3.8, 4) is 0 Å². The van der Waals surface area contributed by atoms with Crippen molar-refractivity contribution >= 4 is 11.8 Å². The van der Waals surface area contributed by atoms with E-state index in [2.05, 4.69) is 23.0 Å². The SMILES string of the molecule is CN1CCCc2cccc(CN=C=O)c21. The Morgan fingerprint density at radius 1 is 1.53 bits per heavy atom. The molecule has 1 heterocycles. The highest BCUT2D eigenvalue weighted by atomic mass is 16.1. The molecule has 3 nitrogen and oxygen atoms in total. The molecule has 0 saturated heterocycles. The smallest absolute Gasteiger partial charge is 0.235 e. The van der Waals surface area contributed by atoms with Gasteiger partial charge in [-0.15, -0.1) is 0 Å². The summed E-state index contributed by atoms with van der Waals surface area (Å²) < 4.78 is 0. The number of anilines is 1. The highest BCUT2D eigenvalue weighted by molar-refractivity contribution is 5.61. The summed E-state index contributed by atoms with van der Waals surface area (Å²) in [5.74, 6) is 0. The van der Waals surface area contributed by atoms with Gasteiger partial charge < -0.3 is 4.90 Å². The van der Waals surface area contributed by atoms with Gasteiger partial charge in [0.1, 0.15) is 0 Å². The minimum Gasteiger partial charge on any atom is -0.374 e. The fourth-order valence-electron chi connectivity index (χ4n) is 2.20. The molecule has 0 radical (unpaired) electrons. The number of isocyanates is 1. The molecule has 0 aliphatic carbocycles. The molecule has 0 bridgehead atoms. The first-order valence-electron chi connectivity index (χ1n) is 5.18. The minimum absolute atomic E-state index is 0.441. The van der Waals surface area contributed by atoms with Gasteiger partial charge in [0.2, 0.25) is 6.08 Å². The van der Waals surface area contributed by atoms with Gasteiger partial charge in [-0.2, -0.15) is 0 Å². The van der Waals surface area contributed by atoms with E-state index < -0.39 is 0 Å². The zero-order valence-electron chi connectivity index (χ0n) is 8.86. The van der Waals surface area contributed by atoms with Crippen LogP contribution in [0.25, 0.3) is 0 Å². The monoisotopic (exact) mass is 202 g/mol. The van der Waals surface area contributed by atoms with Gasteiger partial charge in [0.05, 0.1) is 6.54 Å². The van der Waals surface area contributed by atoms with Crippen molar-refractivity contribution < 1.29 is 4.79 Å². The summed E-state index contributed by atoms with van der Waals surface area (Å²) in [5, 5.41) is 0. The molecule has 2 rings (SSSR count). The zero-order valence-corrected chi connectivity index (χ0v) is 8.86. The Hall–Kier alpha value is -1.60. The molecule has 1 aromatic carbocycles. The first-order valence-corrected chi connectivity index (χ1v) is 5.18. The van der Waals surface area contributed by atoms with Gasteiger partial charge in [0.15, 0.2) is 0 Å². The lowest BCUT2D eigenvalue weighted by Gasteiger charge is -2.29. The number of para-hydroxylation sites is 1. The van der Waals surface area contributed by atoms with E-state index in [1.807, 2.05) is 12.1 Å². The first-order chi connectivity index (χ1) is 7.33. The number of aliphatic imine (C=N–C) groups is 1. The van der Waals surface area contributed by atoms with Crippen molar-refractivity contribution in [2.75, 3.05) is 18.5 Å². The van der Waals surface area contributed by atoms with Gasteiger partial charge in [-0.05, 0) is 24.0 Å². The maximum atomic E-state index is 10.1. The highest BCUT2D eigenvalue weighted by Crippen LogP contribution is 2.30. The van der Waals surface area contributed by atoms with Crippen LogP contribution in [0.3, 0.4) is 0 Å². The second-order valence-electron chi connectivity index (χ2n) is 3.86. The molecule has 78 valence electrons. The molecule has 1 aliphatic rings. The summed E-state index contributed by atoms with van der Waals surface area (Å²) in [4.78, 5) is 16.0. The molecule has 0 unspecified atom stereocenters. The van der Waals surface area contributed by atoms with E-state index in [4.69, 9.17) is 0 Å². The van der Waals surface area contributed by atoms with E-state index in [1.54, 1.807) is 6.08 Å². The van der Waals surface area contributed by atoms with Crippen LogP contribution in [-0.2, 0) is 17.8 Å². The van der Waals surface area contributed by atoms with Crippen molar-refractivity contribution in [1.29, 1.82) is 0 Å². The molecule has 0 aromatic heterocycles. The average molecular weight is 202 g/mol. The van der Waals surface area contributed by atoms with Crippen molar-refractivity contribution in [3.63, 3.8) is 0 Å². The fourth-order valence-corrected chi connectivity index (χ4v) is 2.20. The zero-order chi connectivity index (χ0) is 10.7. The van der Waals surface area contributed by atoms with Crippen LogP contribution < -0.4 is 4.90 Å². The Bertz CT molecular complexity index is 408. The van der Waals surface area contributed by atoms with Gasteiger partial charge in [-0.25, -0.2) is 9.79 Å². The maximum absolute atomic E-state index is 10.1. The van der Waals surface area contributed by atoms with Crippen LogP contribution in [0.15, 0.2) is 23.2 Å². The molecule has 0 amide bonds. The second kappa shape index (κ2) is 4.28. The lowest BCUT2D eigenvalue weighted by atomic mass is 9.98. The lowest BCUT2D eigenvalue weighted by molar-refractivity contribution is 0.562. The molecule has 0 atom stereocenters. The third-order valence-electron chi connectivity index (χ3n) is 2.84. The Morgan fingerprint density at radius 3 is 3.20 bits per heavy atom. The van der Waals surface area contributed by atoms with E-state index in [1.165, 1.54) is 17.7 Å². The number of hydrogen-bond donors (Lipinski definition) is 0.